The number of piperidine rings is 1. The molecule has 0 saturated carbocycles. The van der Waals surface area contributed by atoms with Crippen molar-refractivity contribution in [2.75, 3.05) is 18.4 Å². The molecule has 1 saturated heterocycles. The van der Waals surface area contributed by atoms with Crippen molar-refractivity contribution in [3.05, 3.63) is 83.3 Å². The molecule has 5 nitrogen and oxygen atoms in total. The summed E-state index contributed by atoms with van der Waals surface area (Å²) in [6.07, 6.45) is 4.13. The number of urea groups is 1. The van der Waals surface area contributed by atoms with Gasteiger partial charge in [-0.25, -0.2) is 9.18 Å². The molecular weight excluding hydrogens is 391 g/mol. The Labute approximate surface area is 181 Å². The van der Waals surface area contributed by atoms with Crippen LogP contribution in [0.5, 0.6) is 0 Å². The van der Waals surface area contributed by atoms with Crippen LogP contribution in [0.15, 0.2) is 60.8 Å². The van der Waals surface area contributed by atoms with Gasteiger partial charge in [-0.15, -0.1) is 0 Å². The number of aromatic nitrogens is 1. The molecule has 2 aliphatic heterocycles. The molecule has 3 aromatic rings. The molecule has 2 amide bonds. The first-order valence-electron chi connectivity index (χ1n) is 10.7. The number of carbonyl (C=O) groups is 1. The van der Waals surface area contributed by atoms with Gasteiger partial charge in [-0.2, -0.15) is 0 Å². The van der Waals surface area contributed by atoms with Gasteiger partial charge in [0.1, 0.15) is 5.82 Å². The van der Waals surface area contributed by atoms with E-state index in [0.29, 0.717) is 12.5 Å². The first-order valence-corrected chi connectivity index (χ1v) is 10.7. The molecule has 1 aromatic heterocycles. The fourth-order valence-electron chi connectivity index (χ4n) is 4.45. The molecule has 6 heteroatoms. The van der Waals surface area contributed by atoms with Crippen molar-refractivity contribution < 1.29 is 9.18 Å². The van der Waals surface area contributed by atoms with Crippen LogP contribution in [0.4, 0.5) is 14.9 Å². The van der Waals surface area contributed by atoms with E-state index in [9.17, 15) is 9.18 Å². The van der Waals surface area contributed by atoms with Gasteiger partial charge in [0.2, 0.25) is 0 Å². The molecule has 158 valence electrons. The van der Waals surface area contributed by atoms with Gasteiger partial charge in [-0.1, -0.05) is 18.2 Å². The third-order valence-electron chi connectivity index (χ3n) is 6.25. The maximum Gasteiger partial charge on any atom is 0.319 e. The Kier molecular flexibility index (Phi) is 5.38. The highest BCUT2D eigenvalue weighted by molar-refractivity contribution is 5.92. The number of hydrogen-bond donors (Lipinski definition) is 2. The number of nitrogens with zero attached hydrogens (tertiary/aromatic N) is 2. The third kappa shape index (κ3) is 4.44. The summed E-state index contributed by atoms with van der Waals surface area (Å²) in [6, 6.07) is 16.9. The highest BCUT2D eigenvalue weighted by atomic mass is 19.1. The van der Waals surface area contributed by atoms with Gasteiger partial charge in [0, 0.05) is 30.5 Å². The summed E-state index contributed by atoms with van der Waals surface area (Å²) in [4.78, 5) is 18.6. The fourth-order valence-corrected chi connectivity index (χ4v) is 4.45. The van der Waals surface area contributed by atoms with Crippen LogP contribution in [0.2, 0.25) is 0 Å². The average molecular weight is 417 g/mol. The van der Waals surface area contributed by atoms with Crippen LogP contribution in [0.3, 0.4) is 0 Å². The minimum atomic E-state index is -0.235. The summed E-state index contributed by atoms with van der Waals surface area (Å²) in [6.45, 7) is 3.55. The normalized spacial score (nSPS) is 17.0. The van der Waals surface area contributed by atoms with Crippen molar-refractivity contribution in [2.45, 2.75) is 31.8 Å². The van der Waals surface area contributed by atoms with Crippen LogP contribution in [0, 0.1) is 5.82 Å². The van der Waals surface area contributed by atoms with E-state index < -0.39 is 0 Å². The molecule has 2 aliphatic rings. The van der Waals surface area contributed by atoms with E-state index in [-0.39, 0.29) is 11.8 Å². The second-order valence-electron chi connectivity index (χ2n) is 8.33. The molecule has 1 fully saturated rings. The lowest BCUT2D eigenvalue weighted by molar-refractivity contribution is 0.204. The molecule has 0 radical (unpaired) electrons. The Bertz CT molecular complexity index is 1070. The lowest BCUT2D eigenvalue weighted by Gasteiger charge is -2.32. The lowest BCUT2D eigenvalue weighted by Crippen LogP contribution is -2.34. The number of amides is 2. The van der Waals surface area contributed by atoms with Gasteiger partial charge in [0.05, 0.1) is 5.69 Å². The summed E-state index contributed by atoms with van der Waals surface area (Å²) in [5, 5.41) is 5.72. The maximum atomic E-state index is 13.1. The lowest BCUT2D eigenvalue weighted by atomic mass is 9.88. The minimum absolute atomic E-state index is 0.126. The molecule has 2 N–H and O–H groups in total. The first kappa shape index (κ1) is 19.7. The number of benzene rings is 2. The standard InChI is InChI=1S/C25H25FN4O/c26-22-6-4-19(5-7-22)23-8-1-17(14-27-23)16-30-11-9-18(10-12-30)20-2-3-21-15-28-25(31)29-24(21)13-20/h1-8,13-14,18H,9-12,15-16H2,(H2,28,29,31). The van der Waals surface area contributed by atoms with E-state index in [1.54, 1.807) is 12.1 Å². The number of fused-ring (bicyclic) bond motifs is 1. The van der Waals surface area contributed by atoms with Crippen molar-refractivity contribution in [3.8, 4) is 11.3 Å². The van der Waals surface area contributed by atoms with E-state index in [1.807, 2.05) is 12.3 Å². The van der Waals surface area contributed by atoms with Gasteiger partial charge in [-0.05, 0) is 84.9 Å². The smallest absolute Gasteiger partial charge is 0.319 e. The summed E-state index contributed by atoms with van der Waals surface area (Å²) in [5.41, 5.74) is 6.36. The predicted octanol–water partition coefficient (Wildman–Crippen LogP) is 4.90. The second kappa shape index (κ2) is 8.47. The topological polar surface area (TPSA) is 57.3 Å². The number of hydrogen-bond acceptors (Lipinski definition) is 3. The number of rotatable bonds is 4. The number of pyridine rings is 1. The van der Waals surface area contributed by atoms with Crippen LogP contribution in [0.25, 0.3) is 11.3 Å². The van der Waals surface area contributed by atoms with Crippen molar-refractivity contribution in [1.29, 1.82) is 0 Å². The molecule has 0 aliphatic carbocycles. The quantitative estimate of drug-likeness (QED) is 0.636. The summed E-state index contributed by atoms with van der Waals surface area (Å²) in [7, 11) is 0. The van der Waals surface area contributed by atoms with Gasteiger partial charge in [-0.3, -0.25) is 9.88 Å². The molecule has 5 rings (SSSR count). The highest BCUT2D eigenvalue weighted by Gasteiger charge is 2.22. The van der Waals surface area contributed by atoms with Crippen molar-refractivity contribution >= 4 is 11.7 Å². The summed E-state index contributed by atoms with van der Waals surface area (Å²) in [5.74, 6) is 0.285. The number of carbonyl (C=O) groups excluding carboxylic acids is 1. The van der Waals surface area contributed by atoms with Crippen LogP contribution in [-0.2, 0) is 13.1 Å². The molecule has 2 aromatic carbocycles. The number of nitrogens with one attached hydrogen (secondary N) is 2. The van der Waals surface area contributed by atoms with E-state index in [1.165, 1.54) is 23.3 Å². The maximum absolute atomic E-state index is 13.1. The Morgan fingerprint density at radius 2 is 1.84 bits per heavy atom. The second-order valence-corrected chi connectivity index (χ2v) is 8.33. The third-order valence-corrected chi connectivity index (χ3v) is 6.25. The molecule has 0 bridgehead atoms. The van der Waals surface area contributed by atoms with Gasteiger partial charge in [0.15, 0.2) is 0 Å². The molecule has 0 spiro atoms. The number of halogens is 1. The summed E-state index contributed by atoms with van der Waals surface area (Å²) < 4.78 is 13.1. The van der Waals surface area contributed by atoms with E-state index in [0.717, 1.165) is 55.0 Å². The monoisotopic (exact) mass is 416 g/mol. The Morgan fingerprint density at radius 1 is 1.03 bits per heavy atom. The fraction of sp³-hybridized carbons (Fsp3) is 0.280. The van der Waals surface area contributed by atoms with Crippen molar-refractivity contribution in [3.63, 3.8) is 0 Å². The van der Waals surface area contributed by atoms with E-state index in [4.69, 9.17) is 0 Å². The Hall–Kier alpha value is -3.25. The van der Waals surface area contributed by atoms with Crippen LogP contribution >= 0.6 is 0 Å². The zero-order valence-corrected chi connectivity index (χ0v) is 17.3. The molecule has 31 heavy (non-hydrogen) atoms. The average Bonchev–Trinajstić information content (AvgIpc) is 2.80. The van der Waals surface area contributed by atoms with Gasteiger partial charge >= 0.3 is 6.03 Å². The summed E-state index contributed by atoms with van der Waals surface area (Å²) >= 11 is 0. The highest BCUT2D eigenvalue weighted by Crippen LogP contribution is 2.32. The number of likely N-dealkylation sites (tertiary alicyclic amines) is 1. The van der Waals surface area contributed by atoms with Gasteiger partial charge < -0.3 is 10.6 Å². The van der Waals surface area contributed by atoms with Crippen molar-refractivity contribution in [1.82, 2.24) is 15.2 Å². The largest absolute Gasteiger partial charge is 0.334 e. The Morgan fingerprint density at radius 3 is 2.58 bits per heavy atom. The predicted molar refractivity (Wildman–Crippen MR) is 119 cm³/mol. The molecule has 3 heterocycles. The van der Waals surface area contributed by atoms with Crippen molar-refractivity contribution in [2.24, 2.45) is 0 Å². The van der Waals surface area contributed by atoms with Gasteiger partial charge in [0.25, 0.3) is 0 Å². The van der Waals surface area contributed by atoms with Crippen LogP contribution < -0.4 is 10.6 Å². The van der Waals surface area contributed by atoms with Crippen LogP contribution in [-0.4, -0.2) is 29.0 Å². The van der Waals surface area contributed by atoms with E-state index >= 15 is 0 Å². The SMILES string of the molecule is O=C1NCc2ccc(C3CCN(Cc4ccc(-c5ccc(F)cc5)nc4)CC3)cc2N1. The Balaban J connectivity index is 1.18. The molecule has 0 unspecified atom stereocenters. The van der Waals surface area contributed by atoms with Crippen LogP contribution in [0.1, 0.15) is 35.4 Å². The zero-order chi connectivity index (χ0) is 21.2. The molecule has 0 atom stereocenters. The zero-order valence-electron chi connectivity index (χ0n) is 17.3. The first-order chi connectivity index (χ1) is 15.1. The minimum Gasteiger partial charge on any atom is -0.334 e. The number of anilines is 1. The van der Waals surface area contributed by atoms with E-state index in [2.05, 4.69) is 44.8 Å². The molecular formula is C25H25FN4O.